The highest BCUT2D eigenvalue weighted by molar-refractivity contribution is 5.58. The van der Waals surface area contributed by atoms with E-state index in [1.807, 2.05) is 0 Å². The molecule has 1 heteroatoms. The minimum Gasteiger partial charge on any atom is -0.382 e. The topological polar surface area (TPSA) is 12.0 Å². The lowest BCUT2D eigenvalue weighted by Crippen LogP contribution is -2.35. The molecule has 1 aliphatic carbocycles. The van der Waals surface area contributed by atoms with Gasteiger partial charge in [-0.15, -0.1) is 0 Å². The highest BCUT2D eigenvalue weighted by Crippen LogP contribution is 2.45. The molecule has 3 atom stereocenters. The molecule has 0 fully saturated rings. The molecule has 84 valence electrons. The van der Waals surface area contributed by atoms with Gasteiger partial charge in [0, 0.05) is 17.6 Å². The SMILES string of the molecule is CCC[C@H]1Nc2ccccc2[C@H]2C=CCC21. The van der Waals surface area contributed by atoms with E-state index in [0.29, 0.717) is 12.0 Å². The van der Waals surface area contributed by atoms with Crippen LogP contribution in [-0.2, 0) is 0 Å². The number of hydrogen-bond donors (Lipinski definition) is 1. The Kier molecular flexibility index (Phi) is 2.47. The molecule has 2 aliphatic rings. The molecule has 0 aromatic heterocycles. The van der Waals surface area contributed by atoms with Crippen molar-refractivity contribution in [3.05, 3.63) is 42.0 Å². The largest absolute Gasteiger partial charge is 0.382 e. The highest BCUT2D eigenvalue weighted by atomic mass is 14.9. The first-order valence-corrected chi connectivity index (χ1v) is 6.42. The maximum atomic E-state index is 3.73. The molecular formula is C15H19N. The molecule has 1 heterocycles. The third kappa shape index (κ3) is 1.46. The molecule has 0 saturated carbocycles. The minimum absolute atomic E-state index is 0.661. The van der Waals surface area contributed by atoms with Crippen molar-refractivity contribution in [2.24, 2.45) is 5.92 Å². The van der Waals surface area contributed by atoms with Gasteiger partial charge in [0.1, 0.15) is 0 Å². The molecule has 0 bridgehead atoms. The van der Waals surface area contributed by atoms with Gasteiger partial charge in [-0.3, -0.25) is 0 Å². The monoisotopic (exact) mass is 213 g/mol. The van der Waals surface area contributed by atoms with Crippen LogP contribution in [0.4, 0.5) is 5.69 Å². The molecule has 1 N–H and O–H groups in total. The molecule has 16 heavy (non-hydrogen) atoms. The molecule has 1 aromatic rings. The standard InChI is InChI=1S/C15H19N/c1-2-6-14-13-9-5-8-11(13)12-7-3-4-10-15(12)16-14/h3-5,7-8,10-11,13-14,16H,2,6,9H2,1H3/t11-,13?,14-/m1/s1. The Morgan fingerprint density at radius 3 is 3.06 bits per heavy atom. The summed E-state index contributed by atoms with van der Waals surface area (Å²) < 4.78 is 0. The summed E-state index contributed by atoms with van der Waals surface area (Å²) in [5, 5.41) is 3.73. The molecule has 0 spiro atoms. The molecule has 1 unspecified atom stereocenters. The van der Waals surface area contributed by atoms with Gasteiger partial charge >= 0.3 is 0 Å². The van der Waals surface area contributed by atoms with Crippen LogP contribution in [0.1, 0.15) is 37.7 Å². The van der Waals surface area contributed by atoms with E-state index < -0.39 is 0 Å². The Balaban J connectivity index is 1.98. The van der Waals surface area contributed by atoms with Crippen LogP contribution >= 0.6 is 0 Å². The van der Waals surface area contributed by atoms with Crippen molar-refractivity contribution in [1.29, 1.82) is 0 Å². The smallest absolute Gasteiger partial charge is 0.0381 e. The number of rotatable bonds is 2. The summed E-state index contributed by atoms with van der Waals surface area (Å²) in [4.78, 5) is 0. The van der Waals surface area contributed by atoms with Gasteiger partial charge in [-0.2, -0.15) is 0 Å². The first-order chi connectivity index (χ1) is 7.90. The summed E-state index contributed by atoms with van der Waals surface area (Å²) in [5.41, 5.74) is 2.85. The minimum atomic E-state index is 0.661. The van der Waals surface area contributed by atoms with E-state index in [9.17, 15) is 0 Å². The number of benzene rings is 1. The van der Waals surface area contributed by atoms with Crippen molar-refractivity contribution in [3.63, 3.8) is 0 Å². The fourth-order valence-corrected chi connectivity index (χ4v) is 3.24. The van der Waals surface area contributed by atoms with Gasteiger partial charge in [0.25, 0.3) is 0 Å². The van der Waals surface area contributed by atoms with E-state index in [4.69, 9.17) is 0 Å². The van der Waals surface area contributed by atoms with Crippen LogP contribution in [0.5, 0.6) is 0 Å². The first-order valence-electron chi connectivity index (χ1n) is 6.42. The quantitative estimate of drug-likeness (QED) is 0.734. The molecule has 0 radical (unpaired) electrons. The summed E-state index contributed by atoms with van der Waals surface area (Å²) in [5.74, 6) is 1.45. The van der Waals surface area contributed by atoms with Crippen molar-refractivity contribution < 1.29 is 0 Å². The lowest BCUT2D eigenvalue weighted by atomic mass is 9.78. The van der Waals surface area contributed by atoms with Crippen molar-refractivity contribution >= 4 is 5.69 Å². The maximum absolute atomic E-state index is 3.73. The zero-order valence-corrected chi connectivity index (χ0v) is 9.82. The van der Waals surface area contributed by atoms with Gasteiger partial charge < -0.3 is 5.32 Å². The van der Waals surface area contributed by atoms with Gasteiger partial charge in [0.15, 0.2) is 0 Å². The second-order valence-corrected chi connectivity index (χ2v) is 4.98. The number of hydrogen-bond acceptors (Lipinski definition) is 1. The predicted molar refractivity (Wildman–Crippen MR) is 68.7 cm³/mol. The van der Waals surface area contributed by atoms with E-state index in [0.717, 1.165) is 5.92 Å². The van der Waals surface area contributed by atoms with Crippen LogP contribution in [0.3, 0.4) is 0 Å². The van der Waals surface area contributed by atoms with Gasteiger partial charge in [-0.05, 0) is 30.4 Å². The van der Waals surface area contributed by atoms with Crippen LogP contribution in [-0.4, -0.2) is 6.04 Å². The van der Waals surface area contributed by atoms with Crippen molar-refractivity contribution in [1.82, 2.24) is 0 Å². The lowest BCUT2D eigenvalue weighted by Gasteiger charge is -2.37. The Morgan fingerprint density at radius 2 is 2.19 bits per heavy atom. The van der Waals surface area contributed by atoms with Crippen LogP contribution in [0.2, 0.25) is 0 Å². The Labute approximate surface area is 97.6 Å². The van der Waals surface area contributed by atoms with Crippen molar-refractivity contribution in [3.8, 4) is 0 Å². The predicted octanol–water partition coefficient (Wildman–Crippen LogP) is 3.94. The lowest BCUT2D eigenvalue weighted by molar-refractivity contribution is 0.394. The fourth-order valence-electron chi connectivity index (χ4n) is 3.24. The zero-order valence-electron chi connectivity index (χ0n) is 9.82. The molecule has 1 nitrogen and oxygen atoms in total. The van der Waals surface area contributed by atoms with E-state index >= 15 is 0 Å². The third-order valence-electron chi connectivity index (χ3n) is 3.99. The second-order valence-electron chi connectivity index (χ2n) is 4.98. The van der Waals surface area contributed by atoms with Crippen LogP contribution in [0.25, 0.3) is 0 Å². The number of para-hydroxylation sites is 1. The van der Waals surface area contributed by atoms with E-state index in [1.165, 1.54) is 30.5 Å². The zero-order chi connectivity index (χ0) is 11.0. The summed E-state index contributed by atoms with van der Waals surface area (Å²) in [6, 6.07) is 9.45. The number of allylic oxidation sites excluding steroid dienone is 2. The molecular weight excluding hydrogens is 194 g/mol. The summed E-state index contributed by atoms with van der Waals surface area (Å²) in [6.45, 7) is 2.28. The number of nitrogens with one attached hydrogen (secondary N) is 1. The van der Waals surface area contributed by atoms with Crippen LogP contribution in [0.15, 0.2) is 36.4 Å². The second kappa shape index (κ2) is 3.97. The van der Waals surface area contributed by atoms with Gasteiger partial charge in [0.05, 0.1) is 0 Å². The summed E-state index contributed by atoms with van der Waals surface area (Å²) in [6.07, 6.45) is 8.58. The van der Waals surface area contributed by atoms with E-state index in [-0.39, 0.29) is 0 Å². The third-order valence-corrected chi connectivity index (χ3v) is 3.99. The van der Waals surface area contributed by atoms with Gasteiger partial charge in [0.2, 0.25) is 0 Å². The summed E-state index contributed by atoms with van der Waals surface area (Å²) >= 11 is 0. The molecule has 1 aliphatic heterocycles. The van der Waals surface area contributed by atoms with Crippen LogP contribution in [0, 0.1) is 5.92 Å². The Hall–Kier alpha value is -1.24. The normalized spacial score (nSPS) is 30.7. The average Bonchev–Trinajstić information content (AvgIpc) is 2.79. The molecule has 0 saturated heterocycles. The van der Waals surface area contributed by atoms with Crippen molar-refractivity contribution in [2.75, 3.05) is 5.32 Å². The van der Waals surface area contributed by atoms with Gasteiger partial charge in [-0.1, -0.05) is 43.7 Å². The maximum Gasteiger partial charge on any atom is 0.0381 e. The number of anilines is 1. The average molecular weight is 213 g/mol. The van der Waals surface area contributed by atoms with Gasteiger partial charge in [-0.25, -0.2) is 0 Å². The Bertz CT molecular complexity index is 408. The van der Waals surface area contributed by atoms with Crippen LogP contribution < -0.4 is 5.32 Å². The molecule has 3 rings (SSSR count). The summed E-state index contributed by atoms with van der Waals surface area (Å²) in [7, 11) is 0. The molecule has 0 amide bonds. The van der Waals surface area contributed by atoms with E-state index in [1.54, 1.807) is 0 Å². The Morgan fingerprint density at radius 1 is 1.31 bits per heavy atom. The highest BCUT2D eigenvalue weighted by Gasteiger charge is 2.35. The van der Waals surface area contributed by atoms with E-state index in [2.05, 4.69) is 48.7 Å². The molecule has 1 aromatic carbocycles. The number of fused-ring (bicyclic) bond motifs is 3. The first kappa shape index (κ1) is 9.95. The van der Waals surface area contributed by atoms with Crippen molar-refractivity contribution in [2.45, 2.75) is 38.1 Å². The fraction of sp³-hybridized carbons (Fsp3) is 0.467.